The quantitative estimate of drug-likeness (QED) is 0.792. The van der Waals surface area contributed by atoms with Crippen LogP contribution in [0.5, 0.6) is 5.75 Å². The number of rotatable bonds is 6. The first-order chi connectivity index (χ1) is 12.1. The summed E-state index contributed by atoms with van der Waals surface area (Å²) in [6, 6.07) is 6.25. The van der Waals surface area contributed by atoms with Crippen LogP contribution < -0.4 is 4.74 Å². The van der Waals surface area contributed by atoms with Gasteiger partial charge in [-0.1, -0.05) is 38.1 Å². The number of nitrogens with zero attached hydrogens (tertiary/aromatic N) is 1. The molecule has 0 amide bonds. The molecule has 1 N–H and O–H groups in total. The summed E-state index contributed by atoms with van der Waals surface area (Å²) in [6.45, 7) is 10.5. The van der Waals surface area contributed by atoms with Crippen molar-refractivity contribution in [1.82, 2.24) is 4.90 Å². The molecule has 1 aromatic rings. The van der Waals surface area contributed by atoms with Crippen molar-refractivity contribution in [3.63, 3.8) is 0 Å². The summed E-state index contributed by atoms with van der Waals surface area (Å²) in [4.78, 5) is 2.51. The average Bonchev–Trinajstić information content (AvgIpc) is 2.66. The van der Waals surface area contributed by atoms with Crippen molar-refractivity contribution in [1.29, 1.82) is 0 Å². The van der Waals surface area contributed by atoms with Crippen molar-refractivity contribution < 1.29 is 9.84 Å². The Morgan fingerprint density at radius 3 is 2.88 bits per heavy atom. The van der Waals surface area contributed by atoms with E-state index in [1.807, 2.05) is 18.2 Å². The van der Waals surface area contributed by atoms with Crippen LogP contribution in [-0.4, -0.2) is 42.4 Å². The third-order valence-electron chi connectivity index (χ3n) is 6.20. The van der Waals surface area contributed by atoms with E-state index in [0.717, 1.165) is 53.8 Å². The smallest absolute Gasteiger partial charge is 0.119 e. The van der Waals surface area contributed by atoms with Gasteiger partial charge in [-0.25, -0.2) is 0 Å². The first kappa shape index (κ1) is 18.2. The number of aliphatic hydroxyl groups excluding tert-OH is 1. The number of ether oxygens (including phenoxy) is 1. The molecule has 3 aliphatic rings. The molecule has 3 nitrogen and oxygen atoms in total. The van der Waals surface area contributed by atoms with E-state index in [1.165, 1.54) is 12.8 Å². The van der Waals surface area contributed by atoms with Crippen LogP contribution in [-0.2, 0) is 0 Å². The van der Waals surface area contributed by atoms with Crippen molar-refractivity contribution in [2.75, 3.05) is 20.2 Å². The second kappa shape index (κ2) is 7.76. The summed E-state index contributed by atoms with van der Waals surface area (Å²) in [5.74, 6) is 2.37. The second-order valence-corrected chi connectivity index (χ2v) is 7.50. The molecule has 5 atom stereocenters. The highest BCUT2D eigenvalue weighted by Crippen LogP contribution is 2.41. The first-order valence-corrected chi connectivity index (χ1v) is 9.48. The molecule has 3 heterocycles. The van der Waals surface area contributed by atoms with Crippen LogP contribution in [0.25, 0.3) is 5.57 Å². The van der Waals surface area contributed by atoms with Gasteiger partial charge in [0.2, 0.25) is 0 Å². The molecule has 1 aromatic carbocycles. The minimum atomic E-state index is -0.496. The van der Waals surface area contributed by atoms with Crippen LogP contribution in [0, 0.1) is 18.8 Å². The molecule has 0 aliphatic carbocycles. The van der Waals surface area contributed by atoms with Crippen LogP contribution in [0.3, 0.4) is 0 Å². The number of benzene rings is 1. The van der Waals surface area contributed by atoms with E-state index in [9.17, 15) is 5.11 Å². The number of allylic oxidation sites excluding steroid dienone is 2. The molecule has 0 aromatic heterocycles. The molecule has 0 spiro atoms. The lowest BCUT2D eigenvalue weighted by atomic mass is 9.72. The van der Waals surface area contributed by atoms with Crippen molar-refractivity contribution in [2.24, 2.45) is 11.8 Å². The van der Waals surface area contributed by atoms with E-state index >= 15 is 0 Å². The minimum Gasteiger partial charge on any atom is -0.497 e. The Morgan fingerprint density at radius 2 is 2.28 bits per heavy atom. The van der Waals surface area contributed by atoms with Crippen molar-refractivity contribution >= 4 is 5.57 Å². The fourth-order valence-electron chi connectivity index (χ4n) is 4.69. The third kappa shape index (κ3) is 3.54. The van der Waals surface area contributed by atoms with Crippen LogP contribution in [0.4, 0.5) is 0 Å². The van der Waals surface area contributed by atoms with Gasteiger partial charge in [0, 0.05) is 12.6 Å². The number of aliphatic hydroxyl groups is 1. The van der Waals surface area contributed by atoms with E-state index in [1.54, 1.807) is 13.2 Å². The monoisotopic (exact) mass is 341 g/mol. The predicted molar refractivity (Wildman–Crippen MR) is 104 cm³/mol. The van der Waals surface area contributed by atoms with Crippen LogP contribution >= 0.6 is 0 Å². The zero-order valence-corrected chi connectivity index (χ0v) is 15.7. The standard InChI is InChI=1S/C22H31NO2/c1-5-7-19(20-13-18(25-4)9-8-15(20)3)22(24)21-12-17-10-11-23(21)14-16(17)6-2/h5,7-9,13,16-17,21-22,24H,1,6,10-12,14H2,2-4H3/b19-7+/t16-,17?,21+,22+/m0/s1. The Hall–Kier alpha value is -1.58. The molecule has 3 heteroatoms. The van der Waals surface area contributed by atoms with Crippen molar-refractivity contribution in [3.05, 3.63) is 48.1 Å². The fourth-order valence-corrected chi connectivity index (χ4v) is 4.69. The fraction of sp³-hybridized carbons (Fsp3) is 0.545. The van der Waals surface area contributed by atoms with Gasteiger partial charge in [-0.15, -0.1) is 0 Å². The van der Waals surface area contributed by atoms with E-state index in [-0.39, 0.29) is 6.04 Å². The summed E-state index contributed by atoms with van der Waals surface area (Å²) < 4.78 is 5.40. The molecule has 3 aliphatic heterocycles. The summed E-state index contributed by atoms with van der Waals surface area (Å²) in [5, 5.41) is 11.3. The van der Waals surface area contributed by atoms with E-state index in [0.29, 0.717) is 0 Å². The molecule has 25 heavy (non-hydrogen) atoms. The maximum atomic E-state index is 11.3. The Morgan fingerprint density at radius 1 is 1.48 bits per heavy atom. The van der Waals surface area contributed by atoms with Crippen LogP contribution in [0.1, 0.15) is 37.3 Å². The van der Waals surface area contributed by atoms with Crippen molar-refractivity contribution in [2.45, 2.75) is 45.3 Å². The summed E-state index contributed by atoms with van der Waals surface area (Å²) in [7, 11) is 1.68. The van der Waals surface area contributed by atoms with Gasteiger partial charge < -0.3 is 9.84 Å². The van der Waals surface area contributed by atoms with Gasteiger partial charge in [0.05, 0.1) is 13.2 Å². The SMILES string of the molecule is C=C/C=C(\c1cc(OC)ccc1C)[C@@H](O)[C@H]1CC2CCN1C[C@@H]2CC. The van der Waals surface area contributed by atoms with E-state index in [2.05, 4.69) is 31.4 Å². The highest BCUT2D eigenvalue weighted by molar-refractivity contribution is 5.74. The highest BCUT2D eigenvalue weighted by atomic mass is 16.5. The molecule has 136 valence electrons. The minimum absolute atomic E-state index is 0.207. The lowest BCUT2D eigenvalue weighted by Crippen LogP contribution is -2.57. The lowest BCUT2D eigenvalue weighted by molar-refractivity contribution is -0.0390. The Labute approximate surface area is 152 Å². The number of piperidine rings is 3. The Kier molecular flexibility index (Phi) is 5.65. The summed E-state index contributed by atoms with van der Waals surface area (Å²) >= 11 is 0. The number of hydrogen-bond acceptors (Lipinski definition) is 3. The van der Waals surface area contributed by atoms with Gasteiger partial charge in [-0.3, -0.25) is 4.90 Å². The highest BCUT2D eigenvalue weighted by Gasteiger charge is 2.42. The topological polar surface area (TPSA) is 32.7 Å². The van der Waals surface area contributed by atoms with Gasteiger partial charge >= 0.3 is 0 Å². The molecule has 2 bridgehead atoms. The van der Waals surface area contributed by atoms with Gasteiger partial charge in [0.25, 0.3) is 0 Å². The van der Waals surface area contributed by atoms with E-state index in [4.69, 9.17) is 4.74 Å². The maximum absolute atomic E-state index is 11.3. The third-order valence-corrected chi connectivity index (χ3v) is 6.20. The van der Waals surface area contributed by atoms with Crippen molar-refractivity contribution in [3.8, 4) is 5.75 Å². The van der Waals surface area contributed by atoms with Gasteiger partial charge in [0.15, 0.2) is 0 Å². The average molecular weight is 341 g/mol. The molecule has 2 unspecified atom stereocenters. The maximum Gasteiger partial charge on any atom is 0.119 e. The summed E-state index contributed by atoms with van der Waals surface area (Å²) in [5.41, 5.74) is 3.16. The second-order valence-electron chi connectivity index (χ2n) is 7.50. The molecule has 0 radical (unpaired) electrons. The largest absolute Gasteiger partial charge is 0.497 e. The molecule has 4 rings (SSSR count). The Balaban J connectivity index is 1.89. The van der Waals surface area contributed by atoms with Gasteiger partial charge in [0.1, 0.15) is 5.75 Å². The normalized spacial score (nSPS) is 30.2. The molecule has 0 saturated carbocycles. The number of hydrogen-bond donors (Lipinski definition) is 1. The molecule has 3 saturated heterocycles. The van der Waals surface area contributed by atoms with Crippen LogP contribution in [0.15, 0.2) is 36.9 Å². The lowest BCUT2D eigenvalue weighted by Gasteiger charge is -2.51. The van der Waals surface area contributed by atoms with Gasteiger partial charge in [-0.05, 0) is 67.0 Å². The molecular formula is C22H31NO2. The zero-order valence-electron chi connectivity index (χ0n) is 15.7. The van der Waals surface area contributed by atoms with E-state index < -0.39 is 6.10 Å². The number of methoxy groups -OCH3 is 1. The predicted octanol–water partition coefficient (Wildman–Crippen LogP) is 4.05. The number of aryl methyl sites for hydroxylation is 1. The first-order valence-electron chi connectivity index (χ1n) is 9.48. The van der Waals surface area contributed by atoms with Gasteiger partial charge in [-0.2, -0.15) is 0 Å². The molecular weight excluding hydrogens is 310 g/mol. The molecule has 3 fully saturated rings. The summed E-state index contributed by atoms with van der Waals surface area (Å²) in [6.07, 6.45) is 6.87. The number of fused-ring (bicyclic) bond motifs is 3. The Bertz CT molecular complexity index is 651. The zero-order chi connectivity index (χ0) is 18.0. The van der Waals surface area contributed by atoms with Crippen LogP contribution in [0.2, 0.25) is 0 Å².